The van der Waals surface area contributed by atoms with E-state index in [0.717, 1.165) is 0 Å². The minimum Gasteiger partial charge on any atom is -0.506 e. The Morgan fingerprint density at radius 2 is 2.08 bits per heavy atom. The molecule has 64 valence electrons. The van der Waals surface area contributed by atoms with Crippen molar-refractivity contribution >= 4 is 35.3 Å². The summed E-state index contributed by atoms with van der Waals surface area (Å²) in [5.41, 5.74) is 0.216. The molecule has 0 bridgehead atoms. The fraction of sp³-hybridized carbons (Fsp3) is 0. The summed E-state index contributed by atoms with van der Waals surface area (Å²) in [6, 6.07) is 2.79. The highest BCUT2D eigenvalue weighted by atomic mass is 35.5. The molecule has 0 heterocycles. The van der Waals surface area contributed by atoms with Gasteiger partial charge in [0.1, 0.15) is 10.8 Å². The number of hydrogen-bond donors (Lipinski definition) is 2. The smallest absolute Gasteiger partial charge is 0.211 e. The van der Waals surface area contributed by atoms with Gasteiger partial charge in [-0.1, -0.05) is 23.2 Å². The van der Waals surface area contributed by atoms with Crippen LogP contribution >= 0.6 is 23.2 Å². The number of hydrogen-bond acceptors (Lipinski definition) is 2. The average Bonchev–Trinajstić information content (AvgIpc) is 2.06. The second-order valence-electron chi connectivity index (χ2n) is 2.02. The van der Waals surface area contributed by atoms with E-state index in [-0.39, 0.29) is 21.5 Å². The van der Waals surface area contributed by atoms with Crippen LogP contribution in [0.2, 0.25) is 10.0 Å². The topological polar surface area (TPSA) is 49.3 Å². The summed E-state index contributed by atoms with van der Waals surface area (Å²) >= 11 is 11.3. The second-order valence-corrected chi connectivity index (χ2v) is 2.80. The summed E-state index contributed by atoms with van der Waals surface area (Å²) < 4.78 is 0. The van der Waals surface area contributed by atoms with Gasteiger partial charge < -0.3 is 10.4 Å². The number of nitrogens with one attached hydrogen (secondary N) is 1. The van der Waals surface area contributed by atoms with Gasteiger partial charge in [0, 0.05) is 0 Å². The maximum atomic E-state index is 10.1. The standard InChI is InChI=1S/C7H5Cl2NO2/c8-4-1-2-5(12)6(9)7(4)10-3-11/h1-3,12H,(H,10,11). The molecule has 0 aliphatic carbocycles. The summed E-state index contributed by atoms with van der Waals surface area (Å²) in [5.74, 6) is -0.120. The van der Waals surface area contributed by atoms with Crippen LogP contribution in [0.5, 0.6) is 5.75 Å². The van der Waals surface area contributed by atoms with Gasteiger partial charge in [-0.3, -0.25) is 4.79 Å². The SMILES string of the molecule is O=CNc1c(Cl)ccc(O)c1Cl. The molecule has 0 spiro atoms. The van der Waals surface area contributed by atoms with Crippen molar-refractivity contribution in [2.75, 3.05) is 5.32 Å². The number of phenols is 1. The van der Waals surface area contributed by atoms with Gasteiger partial charge >= 0.3 is 0 Å². The highest BCUT2D eigenvalue weighted by Crippen LogP contribution is 2.36. The van der Waals surface area contributed by atoms with E-state index in [9.17, 15) is 4.79 Å². The molecule has 1 aromatic rings. The van der Waals surface area contributed by atoms with Crippen LogP contribution < -0.4 is 5.32 Å². The predicted octanol–water partition coefficient (Wildman–Crippen LogP) is 2.27. The molecule has 12 heavy (non-hydrogen) atoms. The third-order valence-corrected chi connectivity index (χ3v) is 1.97. The van der Waals surface area contributed by atoms with Gasteiger partial charge in [-0.05, 0) is 12.1 Å². The van der Waals surface area contributed by atoms with E-state index < -0.39 is 0 Å². The first kappa shape index (κ1) is 9.16. The van der Waals surface area contributed by atoms with Crippen molar-refractivity contribution in [3.8, 4) is 5.75 Å². The molecule has 0 aliphatic heterocycles. The lowest BCUT2D eigenvalue weighted by Gasteiger charge is -2.05. The van der Waals surface area contributed by atoms with Crippen LogP contribution in [-0.4, -0.2) is 11.5 Å². The first-order chi connectivity index (χ1) is 5.66. The van der Waals surface area contributed by atoms with Gasteiger partial charge in [0.15, 0.2) is 0 Å². The molecule has 5 heteroatoms. The molecular weight excluding hydrogens is 201 g/mol. The molecule has 0 radical (unpaired) electrons. The van der Waals surface area contributed by atoms with Crippen molar-refractivity contribution in [3.05, 3.63) is 22.2 Å². The zero-order valence-electron chi connectivity index (χ0n) is 5.84. The summed E-state index contributed by atoms with van der Waals surface area (Å²) in [5, 5.41) is 11.7. The minimum absolute atomic E-state index is 0.0367. The number of aromatic hydroxyl groups is 1. The molecular formula is C7H5Cl2NO2. The Morgan fingerprint density at radius 3 is 2.67 bits per heavy atom. The first-order valence-corrected chi connectivity index (χ1v) is 3.79. The molecule has 0 atom stereocenters. The normalized spacial score (nSPS) is 9.50. The Balaban J connectivity index is 3.22. The highest BCUT2D eigenvalue weighted by molar-refractivity contribution is 6.40. The summed E-state index contributed by atoms with van der Waals surface area (Å²) in [4.78, 5) is 10.1. The largest absolute Gasteiger partial charge is 0.506 e. The lowest BCUT2D eigenvalue weighted by Crippen LogP contribution is -1.95. The number of phenolic OH excluding ortho intramolecular Hbond substituents is 1. The van der Waals surface area contributed by atoms with E-state index in [0.29, 0.717) is 6.41 Å². The Labute approximate surface area is 78.9 Å². The Hall–Kier alpha value is -0.930. The Kier molecular flexibility index (Phi) is 2.78. The number of rotatable bonds is 2. The van der Waals surface area contributed by atoms with Crippen LogP contribution in [0.15, 0.2) is 12.1 Å². The van der Waals surface area contributed by atoms with Crippen LogP contribution in [0, 0.1) is 0 Å². The van der Waals surface area contributed by atoms with E-state index >= 15 is 0 Å². The molecule has 0 unspecified atom stereocenters. The summed E-state index contributed by atoms with van der Waals surface area (Å²) in [6.45, 7) is 0. The van der Waals surface area contributed by atoms with Crippen LogP contribution in [0.3, 0.4) is 0 Å². The maximum absolute atomic E-state index is 10.1. The van der Waals surface area contributed by atoms with Crippen LogP contribution in [0.1, 0.15) is 0 Å². The summed E-state index contributed by atoms with van der Waals surface area (Å²) in [7, 11) is 0. The van der Waals surface area contributed by atoms with E-state index in [1.165, 1.54) is 12.1 Å². The quantitative estimate of drug-likeness (QED) is 0.729. The number of halogens is 2. The average molecular weight is 206 g/mol. The van der Waals surface area contributed by atoms with Gasteiger partial charge in [0.2, 0.25) is 6.41 Å². The number of anilines is 1. The van der Waals surface area contributed by atoms with Crippen molar-refractivity contribution < 1.29 is 9.90 Å². The van der Waals surface area contributed by atoms with Crippen molar-refractivity contribution in [1.29, 1.82) is 0 Å². The molecule has 2 N–H and O–H groups in total. The molecule has 0 saturated heterocycles. The van der Waals surface area contributed by atoms with Crippen LogP contribution in [0.4, 0.5) is 5.69 Å². The van der Waals surface area contributed by atoms with Gasteiger partial charge in [-0.15, -0.1) is 0 Å². The van der Waals surface area contributed by atoms with E-state index in [4.69, 9.17) is 28.3 Å². The minimum atomic E-state index is -0.120. The summed E-state index contributed by atoms with van der Waals surface area (Å²) in [6.07, 6.45) is 0.437. The third kappa shape index (κ3) is 1.62. The monoisotopic (exact) mass is 205 g/mol. The van der Waals surface area contributed by atoms with E-state index in [1.807, 2.05) is 0 Å². The predicted molar refractivity (Wildman–Crippen MR) is 47.8 cm³/mol. The Bertz CT molecular complexity index is 315. The fourth-order valence-corrected chi connectivity index (χ4v) is 1.21. The van der Waals surface area contributed by atoms with Crippen LogP contribution in [0.25, 0.3) is 0 Å². The zero-order chi connectivity index (χ0) is 9.14. The second kappa shape index (κ2) is 3.65. The lowest BCUT2D eigenvalue weighted by atomic mass is 10.3. The molecule has 0 fully saturated rings. The Morgan fingerprint density at radius 1 is 1.42 bits per heavy atom. The van der Waals surface area contributed by atoms with Gasteiger partial charge in [0.25, 0.3) is 0 Å². The molecule has 0 aliphatic rings. The third-order valence-electron chi connectivity index (χ3n) is 1.27. The molecule has 0 saturated carbocycles. The van der Waals surface area contributed by atoms with E-state index in [1.54, 1.807) is 0 Å². The van der Waals surface area contributed by atoms with Crippen molar-refractivity contribution in [2.24, 2.45) is 0 Å². The number of carbonyl (C=O) groups excluding carboxylic acids is 1. The zero-order valence-corrected chi connectivity index (χ0v) is 7.36. The molecule has 0 aromatic heterocycles. The highest BCUT2D eigenvalue weighted by Gasteiger charge is 2.08. The molecule has 3 nitrogen and oxygen atoms in total. The maximum Gasteiger partial charge on any atom is 0.211 e. The number of carbonyl (C=O) groups is 1. The lowest BCUT2D eigenvalue weighted by molar-refractivity contribution is -0.105. The van der Waals surface area contributed by atoms with Gasteiger partial charge in [-0.25, -0.2) is 0 Å². The molecule has 1 aromatic carbocycles. The van der Waals surface area contributed by atoms with Gasteiger partial charge in [-0.2, -0.15) is 0 Å². The molecule has 1 rings (SSSR count). The van der Waals surface area contributed by atoms with Crippen molar-refractivity contribution in [3.63, 3.8) is 0 Å². The van der Waals surface area contributed by atoms with E-state index in [2.05, 4.69) is 5.32 Å². The van der Waals surface area contributed by atoms with Crippen molar-refractivity contribution in [2.45, 2.75) is 0 Å². The number of benzene rings is 1. The first-order valence-electron chi connectivity index (χ1n) is 3.04. The molecule has 1 amide bonds. The van der Waals surface area contributed by atoms with Crippen molar-refractivity contribution in [1.82, 2.24) is 0 Å². The van der Waals surface area contributed by atoms with Crippen LogP contribution in [-0.2, 0) is 4.79 Å². The van der Waals surface area contributed by atoms with Gasteiger partial charge in [0.05, 0.1) is 10.7 Å². The fourth-order valence-electron chi connectivity index (χ4n) is 0.733. The number of amides is 1.